The van der Waals surface area contributed by atoms with E-state index in [0.717, 1.165) is 27.6 Å². The van der Waals surface area contributed by atoms with Crippen molar-refractivity contribution in [2.75, 3.05) is 0 Å². The van der Waals surface area contributed by atoms with Crippen LogP contribution in [0.4, 0.5) is 0 Å². The van der Waals surface area contributed by atoms with E-state index >= 15 is 0 Å². The molecule has 2 N–H and O–H groups in total. The van der Waals surface area contributed by atoms with E-state index in [1.807, 2.05) is 22.9 Å². The third-order valence-corrected chi connectivity index (χ3v) is 2.97. The molecule has 2 rings (SSSR count). The van der Waals surface area contributed by atoms with E-state index in [1.54, 1.807) is 0 Å². The fourth-order valence-electron chi connectivity index (χ4n) is 1.67. The number of nitrogens with two attached hydrogens (primary N) is 1. The number of fused-ring (bicyclic) bond motifs is 1. The Hall–Kier alpha value is -0.870. The van der Waals surface area contributed by atoms with E-state index < -0.39 is 0 Å². The molecule has 0 spiro atoms. The predicted molar refractivity (Wildman–Crippen MR) is 61.0 cm³/mol. The molecule has 0 radical (unpaired) electrons. The summed E-state index contributed by atoms with van der Waals surface area (Å²) in [5, 5.41) is 5.61. The Kier molecular flexibility index (Phi) is 2.56. The van der Waals surface area contributed by atoms with Gasteiger partial charge in [0.1, 0.15) is 0 Å². The van der Waals surface area contributed by atoms with Crippen molar-refractivity contribution in [2.24, 2.45) is 5.73 Å². The van der Waals surface area contributed by atoms with Crippen molar-refractivity contribution in [2.45, 2.75) is 20.0 Å². The summed E-state index contributed by atoms with van der Waals surface area (Å²) in [6.45, 7) is 3.44. The van der Waals surface area contributed by atoms with Gasteiger partial charge >= 0.3 is 0 Å². The highest BCUT2D eigenvalue weighted by Gasteiger charge is 2.10. The van der Waals surface area contributed by atoms with Gasteiger partial charge in [0.25, 0.3) is 0 Å². The van der Waals surface area contributed by atoms with Gasteiger partial charge in [0.05, 0.1) is 11.2 Å². The van der Waals surface area contributed by atoms with Gasteiger partial charge in [-0.15, -0.1) is 0 Å². The zero-order valence-corrected chi connectivity index (χ0v) is 9.58. The quantitative estimate of drug-likeness (QED) is 0.893. The summed E-state index contributed by atoms with van der Waals surface area (Å²) in [6, 6.07) is 6.01. The molecule has 0 unspecified atom stereocenters. The van der Waals surface area contributed by atoms with Gasteiger partial charge in [0, 0.05) is 22.9 Å². The van der Waals surface area contributed by atoms with E-state index in [4.69, 9.17) is 5.73 Å². The van der Waals surface area contributed by atoms with Crippen molar-refractivity contribution in [1.82, 2.24) is 9.78 Å². The maximum Gasteiger partial charge on any atom is 0.0938 e. The van der Waals surface area contributed by atoms with Crippen LogP contribution < -0.4 is 5.73 Å². The highest BCUT2D eigenvalue weighted by molar-refractivity contribution is 9.10. The first kappa shape index (κ1) is 9.68. The average Bonchev–Trinajstić information content (AvgIpc) is 2.56. The van der Waals surface area contributed by atoms with E-state index in [9.17, 15) is 0 Å². The first-order valence-electron chi connectivity index (χ1n) is 4.62. The summed E-state index contributed by atoms with van der Waals surface area (Å²) in [6.07, 6.45) is 0. The maximum absolute atomic E-state index is 5.72. The van der Waals surface area contributed by atoms with Crippen LogP contribution in [0.15, 0.2) is 22.7 Å². The summed E-state index contributed by atoms with van der Waals surface area (Å²) in [5.41, 5.74) is 7.82. The fourth-order valence-corrected chi connectivity index (χ4v) is 2.25. The minimum Gasteiger partial charge on any atom is -0.325 e. The predicted octanol–water partition coefficient (Wildman–Crippen LogP) is 2.28. The van der Waals surface area contributed by atoms with Gasteiger partial charge in [-0.3, -0.25) is 4.68 Å². The summed E-state index contributed by atoms with van der Waals surface area (Å²) in [4.78, 5) is 0. The van der Waals surface area contributed by atoms with Crippen molar-refractivity contribution in [1.29, 1.82) is 0 Å². The third kappa shape index (κ3) is 1.35. The monoisotopic (exact) mass is 253 g/mol. The van der Waals surface area contributed by atoms with Crippen molar-refractivity contribution in [3.8, 4) is 0 Å². The molecule has 0 amide bonds. The van der Waals surface area contributed by atoms with Crippen molar-refractivity contribution >= 4 is 26.8 Å². The molecule has 0 saturated heterocycles. The summed E-state index contributed by atoms with van der Waals surface area (Å²) in [7, 11) is 0. The summed E-state index contributed by atoms with van der Waals surface area (Å²) < 4.78 is 3.02. The number of aromatic nitrogens is 2. The SMILES string of the molecule is CCn1nc2cccc(Br)c2c1CN. The molecular weight excluding hydrogens is 242 g/mol. The second-order valence-corrected chi connectivity index (χ2v) is 3.95. The molecule has 0 aliphatic heterocycles. The van der Waals surface area contributed by atoms with Gasteiger partial charge in [-0.25, -0.2) is 0 Å². The van der Waals surface area contributed by atoms with Gasteiger partial charge in [0.2, 0.25) is 0 Å². The number of hydrogen-bond donors (Lipinski definition) is 1. The number of hydrogen-bond acceptors (Lipinski definition) is 2. The molecule has 4 heteroatoms. The highest BCUT2D eigenvalue weighted by Crippen LogP contribution is 2.26. The summed E-state index contributed by atoms with van der Waals surface area (Å²) in [5.74, 6) is 0. The first-order valence-corrected chi connectivity index (χ1v) is 5.41. The second kappa shape index (κ2) is 3.71. The van der Waals surface area contributed by atoms with Crippen LogP contribution in [0.3, 0.4) is 0 Å². The van der Waals surface area contributed by atoms with Crippen LogP contribution in [-0.4, -0.2) is 9.78 Å². The topological polar surface area (TPSA) is 43.8 Å². The Morgan fingerprint density at radius 1 is 1.50 bits per heavy atom. The van der Waals surface area contributed by atoms with E-state index in [1.165, 1.54) is 0 Å². The number of rotatable bonds is 2. The molecule has 2 aromatic rings. The van der Waals surface area contributed by atoms with Crippen molar-refractivity contribution in [3.63, 3.8) is 0 Å². The fraction of sp³-hybridized carbons (Fsp3) is 0.300. The van der Waals surface area contributed by atoms with Crippen LogP contribution in [0.5, 0.6) is 0 Å². The Morgan fingerprint density at radius 3 is 2.93 bits per heavy atom. The van der Waals surface area contributed by atoms with E-state index in [-0.39, 0.29) is 0 Å². The van der Waals surface area contributed by atoms with Gasteiger partial charge in [-0.2, -0.15) is 5.10 Å². The Morgan fingerprint density at radius 2 is 2.29 bits per heavy atom. The molecule has 1 aromatic carbocycles. The first-order chi connectivity index (χ1) is 6.77. The molecule has 0 bridgehead atoms. The van der Waals surface area contributed by atoms with Crippen LogP contribution in [0.2, 0.25) is 0 Å². The maximum atomic E-state index is 5.72. The lowest BCUT2D eigenvalue weighted by Gasteiger charge is -2.01. The Labute approximate surface area is 91.0 Å². The molecule has 1 heterocycles. The van der Waals surface area contributed by atoms with Crippen LogP contribution >= 0.6 is 15.9 Å². The number of benzene rings is 1. The van der Waals surface area contributed by atoms with Crippen LogP contribution in [0.1, 0.15) is 12.6 Å². The molecule has 0 saturated carbocycles. The van der Waals surface area contributed by atoms with Crippen molar-refractivity contribution in [3.05, 3.63) is 28.4 Å². The highest BCUT2D eigenvalue weighted by atomic mass is 79.9. The minimum atomic E-state index is 0.521. The zero-order valence-electron chi connectivity index (χ0n) is 8.00. The standard InChI is InChI=1S/C10H12BrN3/c1-2-14-9(6-12)10-7(11)4-3-5-8(10)13-14/h3-5H,2,6,12H2,1H3. The molecule has 1 aromatic heterocycles. The average molecular weight is 254 g/mol. The lowest BCUT2D eigenvalue weighted by Crippen LogP contribution is -2.07. The van der Waals surface area contributed by atoms with Crippen LogP contribution in [0.25, 0.3) is 10.9 Å². The van der Waals surface area contributed by atoms with Gasteiger partial charge in [-0.1, -0.05) is 22.0 Å². The molecular formula is C10H12BrN3. The molecule has 0 aliphatic carbocycles. The van der Waals surface area contributed by atoms with Gasteiger partial charge in [0.15, 0.2) is 0 Å². The lowest BCUT2D eigenvalue weighted by molar-refractivity contribution is 0.630. The Bertz CT molecular complexity index is 462. The van der Waals surface area contributed by atoms with Gasteiger partial charge in [-0.05, 0) is 19.1 Å². The number of aryl methyl sites for hydroxylation is 1. The van der Waals surface area contributed by atoms with Crippen LogP contribution in [-0.2, 0) is 13.1 Å². The number of nitrogens with zero attached hydrogens (tertiary/aromatic N) is 2. The van der Waals surface area contributed by atoms with Crippen molar-refractivity contribution < 1.29 is 0 Å². The summed E-state index contributed by atoms with van der Waals surface area (Å²) >= 11 is 3.52. The largest absolute Gasteiger partial charge is 0.325 e. The minimum absolute atomic E-state index is 0.521. The molecule has 74 valence electrons. The van der Waals surface area contributed by atoms with E-state index in [2.05, 4.69) is 28.0 Å². The second-order valence-electron chi connectivity index (χ2n) is 3.10. The molecule has 0 aliphatic rings. The van der Waals surface area contributed by atoms with E-state index in [0.29, 0.717) is 6.54 Å². The van der Waals surface area contributed by atoms with Crippen LogP contribution in [0, 0.1) is 0 Å². The third-order valence-electron chi connectivity index (χ3n) is 2.31. The van der Waals surface area contributed by atoms with Gasteiger partial charge < -0.3 is 5.73 Å². The molecule has 0 fully saturated rings. The zero-order chi connectivity index (χ0) is 10.1. The molecule has 14 heavy (non-hydrogen) atoms. The Balaban J connectivity index is 2.81. The molecule has 3 nitrogen and oxygen atoms in total. The molecule has 0 atom stereocenters. The smallest absolute Gasteiger partial charge is 0.0938 e. The number of halogens is 1. The normalized spacial score (nSPS) is 11.1. The lowest BCUT2D eigenvalue weighted by atomic mass is 10.2.